The summed E-state index contributed by atoms with van der Waals surface area (Å²) in [5, 5.41) is 18.7. The van der Waals surface area contributed by atoms with Crippen LogP contribution in [0.5, 0.6) is 0 Å². The van der Waals surface area contributed by atoms with Crippen LogP contribution in [-0.4, -0.2) is 50.5 Å². The zero-order valence-electron chi connectivity index (χ0n) is 21.9. The van der Waals surface area contributed by atoms with Gasteiger partial charge >= 0.3 is 6.09 Å². The molecule has 0 spiro atoms. The molecule has 3 aromatic rings. The van der Waals surface area contributed by atoms with E-state index in [0.717, 1.165) is 54.4 Å². The quantitative estimate of drug-likeness (QED) is 0.476. The summed E-state index contributed by atoms with van der Waals surface area (Å²) >= 11 is 0. The number of anilines is 1. The van der Waals surface area contributed by atoms with Crippen molar-refractivity contribution >= 4 is 29.3 Å². The van der Waals surface area contributed by atoms with Crippen LogP contribution in [0.1, 0.15) is 76.0 Å². The number of fused-ring (bicyclic) bond motifs is 3. The maximum Gasteiger partial charge on any atom is 0.414 e. The Kier molecular flexibility index (Phi) is 7.82. The van der Waals surface area contributed by atoms with E-state index < -0.39 is 5.60 Å². The third-order valence-electron chi connectivity index (χ3n) is 7.70. The lowest BCUT2D eigenvalue weighted by atomic mass is 9.86. The second kappa shape index (κ2) is 10.9. The monoisotopic (exact) mass is 508 g/mol. The van der Waals surface area contributed by atoms with Crippen molar-refractivity contribution in [1.29, 1.82) is 0 Å². The van der Waals surface area contributed by atoms with E-state index in [9.17, 15) is 9.90 Å². The molecule has 2 N–H and O–H groups in total. The van der Waals surface area contributed by atoms with Crippen LogP contribution >= 0.6 is 0 Å². The van der Waals surface area contributed by atoms with E-state index in [1.54, 1.807) is 18.0 Å². The molecule has 1 aliphatic carbocycles. The third kappa shape index (κ3) is 4.92. The second-order valence-corrected chi connectivity index (χ2v) is 10.3. The molecule has 4 unspecified atom stereocenters. The number of amides is 1. The molecule has 1 amide bonds. The van der Waals surface area contributed by atoms with Crippen LogP contribution in [-0.2, 0) is 21.6 Å². The maximum absolute atomic E-state index is 12.6. The predicted octanol–water partition coefficient (Wildman–Crippen LogP) is 5.05. The molecule has 37 heavy (non-hydrogen) atoms. The molecular formula is C28H36N4O5. The number of nitrogens with zero attached hydrogens (tertiary/aromatic N) is 4. The molecule has 0 radical (unpaired) electrons. The van der Waals surface area contributed by atoms with Gasteiger partial charge in [0.1, 0.15) is 5.82 Å². The number of pyridine rings is 1. The third-order valence-corrected chi connectivity index (χ3v) is 7.70. The largest absolute Gasteiger partial charge is 0.483 e. The number of aromatic nitrogens is 3. The van der Waals surface area contributed by atoms with Crippen molar-refractivity contribution in [2.45, 2.75) is 77.0 Å². The molecule has 0 bridgehead atoms. The lowest BCUT2D eigenvalue weighted by molar-refractivity contribution is -0.122. The first kappa shape index (κ1) is 26.6. The van der Waals surface area contributed by atoms with Gasteiger partial charge in [-0.3, -0.25) is 14.7 Å². The van der Waals surface area contributed by atoms with Gasteiger partial charge in [-0.15, -0.1) is 0 Å². The van der Waals surface area contributed by atoms with Gasteiger partial charge in [-0.05, 0) is 69.7 Å². The van der Waals surface area contributed by atoms with Gasteiger partial charge in [0.2, 0.25) is 0 Å². The van der Waals surface area contributed by atoms with Gasteiger partial charge in [-0.25, -0.2) is 9.78 Å². The SMILES string of the molecule is COC(=O)N1c2ccc3c(nc(C(C)(O)c4ccccn4)n3C3CCCC(C)C3)c2CCC1C.O=CO. The second-order valence-electron chi connectivity index (χ2n) is 10.3. The molecule has 9 heteroatoms. The first-order chi connectivity index (χ1) is 17.7. The Morgan fingerprint density at radius 1 is 1.19 bits per heavy atom. The van der Waals surface area contributed by atoms with E-state index in [1.807, 2.05) is 31.2 Å². The number of imidazole rings is 1. The van der Waals surface area contributed by atoms with E-state index in [0.29, 0.717) is 17.4 Å². The fraction of sp³-hybridized carbons (Fsp3) is 0.500. The minimum atomic E-state index is -1.35. The Balaban J connectivity index is 0.00000102. The number of hydrogen-bond acceptors (Lipinski definition) is 6. The first-order valence-electron chi connectivity index (χ1n) is 12.9. The van der Waals surface area contributed by atoms with Crippen molar-refractivity contribution in [1.82, 2.24) is 14.5 Å². The van der Waals surface area contributed by atoms with Crippen molar-refractivity contribution in [3.63, 3.8) is 0 Å². The molecule has 9 nitrogen and oxygen atoms in total. The fourth-order valence-corrected chi connectivity index (χ4v) is 5.89. The average molecular weight is 509 g/mol. The van der Waals surface area contributed by atoms with E-state index in [1.165, 1.54) is 13.5 Å². The maximum atomic E-state index is 12.6. The molecule has 1 saturated carbocycles. The zero-order valence-corrected chi connectivity index (χ0v) is 21.9. The van der Waals surface area contributed by atoms with Gasteiger partial charge in [0.05, 0.1) is 29.5 Å². The summed E-state index contributed by atoms with van der Waals surface area (Å²) in [6.45, 7) is 5.89. The lowest BCUT2D eigenvalue weighted by Crippen LogP contribution is -2.42. The Labute approximate surface area is 217 Å². The van der Waals surface area contributed by atoms with Gasteiger partial charge in [0.25, 0.3) is 6.47 Å². The number of carboxylic acid groups (broad SMARTS) is 1. The number of methoxy groups -OCH3 is 1. The number of rotatable bonds is 3. The predicted molar refractivity (Wildman–Crippen MR) is 141 cm³/mol. The van der Waals surface area contributed by atoms with E-state index in [4.69, 9.17) is 19.6 Å². The van der Waals surface area contributed by atoms with Crippen LogP contribution in [0.2, 0.25) is 0 Å². The van der Waals surface area contributed by atoms with Crippen LogP contribution in [0.25, 0.3) is 11.0 Å². The summed E-state index contributed by atoms with van der Waals surface area (Å²) < 4.78 is 7.35. The first-order valence-corrected chi connectivity index (χ1v) is 12.9. The molecule has 2 aliphatic rings. The van der Waals surface area contributed by atoms with Crippen LogP contribution in [0.4, 0.5) is 10.5 Å². The summed E-state index contributed by atoms with van der Waals surface area (Å²) in [7, 11) is 1.42. The normalized spacial score (nSPS) is 22.8. The summed E-state index contributed by atoms with van der Waals surface area (Å²) in [5.74, 6) is 1.24. The van der Waals surface area contributed by atoms with Crippen LogP contribution < -0.4 is 4.90 Å². The lowest BCUT2D eigenvalue weighted by Gasteiger charge is -2.34. The highest BCUT2D eigenvalue weighted by molar-refractivity contribution is 5.95. The van der Waals surface area contributed by atoms with E-state index >= 15 is 0 Å². The van der Waals surface area contributed by atoms with Gasteiger partial charge in [-0.1, -0.05) is 25.8 Å². The summed E-state index contributed by atoms with van der Waals surface area (Å²) in [5.41, 5.74) is 3.00. The van der Waals surface area contributed by atoms with Crippen molar-refractivity contribution in [2.24, 2.45) is 5.92 Å². The van der Waals surface area contributed by atoms with Crippen LogP contribution in [0.3, 0.4) is 0 Å². The Morgan fingerprint density at radius 3 is 2.59 bits per heavy atom. The Bertz CT molecular complexity index is 1260. The van der Waals surface area contributed by atoms with Crippen molar-refractivity contribution in [2.75, 3.05) is 12.0 Å². The summed E-state index contributed by atoms with van der Waals surface area (Å²) in [6, 6.07) is 9.99. The Hall–Kier alpha value is -3.46. The smallest absolute Gasteiger partial charge is 0.414 e. The highest BCUT2D eigenvalue weighted by Crippen LogP contribution is 2.43. The molecule has 4 atom stereocenters. The van der Waals surface area contributed by atoms with Crippen LogP contribution in [0.15, 0.2) is 36.5 Å². The fourth-order valence-electron chi connectivity index (χ4n) is 5.89. The molecule has 3 heterocycles. The number of aryl methyl sites for hydroxylation is 1. The number of benzene rings is 1. The molecule has 5 rings (SSSR count). The minimum Gasteiger partial charge on any atom is -0.483 e. The number of aliphatic hydroxyl groups is 1. The highest BCUT2D eigenvalue weighted by Gasteiger charge is 2.38. The minimum absolute atomic E-state index is 0.0507. The summed E-state index contributed by atoms with van der Waals surface area (Å²) in [6.07, 6.45) is 7.52. The highest BCUT2D eigenvalue weighted by atomic mass is 16.5. The van der Waals surface area contributed by atoms with Crippen LogP contribution in [0, 0.1) is 5.92 Å². The van der Waals surface area contributed by atoms with Gasteiger partial charge < -0.3 is 19.5 Å². The Morgan fingerprint density at radius 2 is 1.95 bits per heavy atom. The molecule has 2 aromatic heterocycles. The molecule has 1 aromatic carbocycles. The van der Waals surface area contributed by atoms with Gasteiger partial charge in [-0.2, -0.15) is 0 Å². The molecule has 0 saturated heterocycles. The van der Waals surface area contributed by atoms with Crippen molar-refractivity contribution in [3.8, 4) is 0 Å². The number of hydrogen-bond donors (Lipinski definition) is 2. The van der Waals surface area contributed by atoms with Crippen molar-refractivity contribution < 1.29 is 24.5 Å². The topological polar surface area (TPSA) is 118 Å². The number of carbonyl (C=O) groups excluding carboxylic acids is 1. The standard InChI is InChI=1S/C27H34N4O3.CH2O2/c1-17-8-7-9-19(16-17)31-22-14-13-21-20(12-11-18(2)30(21)26(32)34-4)24(22)29-25(31)27(3,33)23-10-5-6-15-28-23;2-1-3/h5-6,10,13-15,17-19,33H,7-9,11-12,16H2,1-4H3;1H,(H,2,3). The van der Waals surface area contributed by atoms with E-state index in [2.05, 4.69) is 22.5 Å². The number of carbonyl (C=O) groups is 2. The summed E-state index contributed by atoms with van der Waals surface area (Å²) in [4.78, 5) is 32.3. The van der Waals surface area contributed by atoms with Gasteiger partial charge in [0.15, 0.2) is 5.60 Å². The van der Waals surface area contributed by atoms with Crippen molar-refractivity contribution in [3.05, 3.63) is 53.6 Å². The molecule has 1 aliphatic heterocycles. The number of ether oxygens (including phenoxy) is 1. The molecular weight excluding hydrogens is 472 g/mol. The molecule has 198 valence electrons. The van der Waals surface area contributed by atoms with E-state index in [-0.39, 0.29) is 24.6 Å². The average Bonchev–Trinajstić information content (AvgIpc) is 3.30. The molecule has 1 fully saturated rings. The van der Waals surface area contributed by atoms with Gasteiger partial charge in [0, 0.05) is 23.8 Å². The zero-order chi connectivity index (χ0) is 26.7.